The molecule has 0 aliphatic carbocycles. The summed E-state index contributed by atoms with van der Waals surface area (Å²) >= 11 is 0. The van der Waals surface area contributed by atoms with Crippen molar-refractivity contribution in [3.05, 3.63) is 0 Å². The van der Waals surface area contributed by atoms with Crippen molar-refractivity contribution in [2.75, 3.05) is 6.61 Å². The SMILES string of the molecule is O=C(O)COOC(=O)CCC(=O)OS(=O)(=O)O. The molecule has 0 unspecified atom stereocenters. The Balaban J connectivity index is 3.77. The zero-order chi connectivity index (χ0) is 13.5. The number of hydrogen-bond acceptors (Lipinski definition) is 8. The van der Waals surface area contributed by atoms with Gasteiger partial charge in [0, 0.05) is 0 Å². The number of aliphatic carboxylic acids is 1. The molecule has 0 aliphatic heterocycles. The van der Waals surface area contributed by atoms with Crippen LogP contribution in [0, 0.1) is 0 Å². The quantitative estimate of drug-likeness (QED) is 0.323. The van der Waals surface area contributed by atoms with Crippen LogP contribution in [0.5, 0.6) is 0 Å². The van der Waals surface area contributed by atoms with Crippen LogP contribution >= 0.6 is 0 Å². The van der Waals surface area contributed by atoms with Gasteiger partial charge >= 0.3 is 28.3 Å². The highest BCUT2D eigenvalue weighted by molar-refractivity contribution is 7.81. The van der Waals surface area contributed by atoms with Crippen LogP contribution in [-0.2, 0) is 38.7 Å². The van der Waals surface area contributed by atoms with E-state index in [0.717, 1.165) is 0 Å². The van der Waals surface area contributed by atoms with Crippen LogP contribution in [0.3, 0.4) is 0 Å². The van der Waals surface area contributed by atoms with Crippen molar-refractivity contribution in [2.45, 2.75) is 12.8 Å². The van der Waals surface area contributed by atoms with E-state index in [1.165, 1.54) is 0 Å². The zero-order valence-electron chi connectivity index (χ0n) is 8.19. The lowest BCUT2D eigenvalue weighted by atomic mass is 10.3. The molecule has 17 heavy (non-hydrogen) atoms. The van der Waals surface area contributed by atoms with Gasteiger partial charge in [0.15, 0.2) is 6.61 Å². The molecule has 0 aromatic heterocycles. The predicted molar refractivity (Wildman–Crippen MR) is 46.6 cm³/mol. The Hall–Kier alpha value is -1.72. The third-order valence-corrected chi connectivity index (χ3v) is 1.46. The van der Waals surface area contributed by atoms with Gasteiger partial charge in [-0.15, -0.1) is 0 Å². The number of carboxylic acids is 1. The van der Waals surface area contributed by atoms with Crippen LogP contribution in [-0.4, -0.2) is 42.6 Å². The lowest BCUT2D eigenvalue weighted by molar-refractivity contribution is -0.271. The van der Waals surface area contributed by atoms with Crippen LogP contribution in [0.1, 0.15) is 12.8 Å². The second-order valence-corrected chi connectivity index (χ2v) is 3.52. The molecule has 0 aromatic rings. The van der Waals surface area contributed by atoms with Gasteiger partial charge < -0.3 is 9.29 Å². The fourth-order valence-corrected chi connectivity index (χ4v) is 0.869. The van der Waals surface area contributed by atoms with Gasteiger partial charge in [-0.05, 0) is 0 Å². The van der Waals surface area contributed by atoms with Crippen molar-refractivity contribution in [3.63, 3.8) is 0 Å². The monoisotopic (exact) mass is 272 g/mol. The fourth-order valence-electron chi connectivity index (χ4n) is 0.551. The maximum Gasteiger partial charge on any atom is 0.448 e. The van der Waals surface area contributed by atoms with Crippen LogP contribution < -0.4 is 0 Å². The van der Waals surface area contributed by atoms with Gasteiger partial charge in [-0.1, -0.05) is 0 Å². The Morgan fingerprint density at radius 3 is 2.06 bits per heavy atom. The standard InChI is InChI=1S/C6H8O10S/c7-4(8)3-14-15-5(9)1-2-6(10)16-17(11,12)13/h1-3H2,(H,7,8)(H,11,12,13). The highest BCUT2D eigenvalue weighted by Crippen LogP contribution is 1.99. The summed E-state index contributed by atoms with van der Waals surface area (Å²) in [6, 6.07) is 0. The molecular weight excluding hydrogens is 264 g/mol. The Morgan fingerprint density at radius 1 is 1.06 bits per heavy atom. The largest absolute Gasteiger partial charge is 0.479 e. The van der Waals surface area contributed by atoms with Crippen LogP contribution in [0.15, 0.2) is 0 Å². The fraction of sp³-hybridized carbons (Fsp3) is 0.500. The molecule has 11 heteroatoms. The average Bonchev–Trinajstić information content (AvgIpc) is 2.11. The molecule has 0 rings (SSSR count). The van der Waals surface area contributed by atoms with Crippen molar-refractivity contribution in [2.24, 2.45) is 0 Å². The predicted octanol–water partition coefficient (Wildman–Crippen LogP) is -1.33. The summed E-state index contributed by atoms with van der Waals surface area (Å²) in [4.78, 5) is 39.1. The number of carbonyl (C=O) groups excluding carboxylic acids is 2. The maximum absolute atomic E-state index is 10.7. The van der Waals surface area contributed by atoms with Crippen molar-refractivity contribution in [3.8, 4) is 0 Å². The van der Waals surface area contributed by atoms with E-state index in [-0.39, 0.29) is 0 Å². The molecule has 0 aliphatic rings. The van der Waals surface area contributed by atoms with Crippen molar-refractivity contribution < 1.29 is 46.4 Å². The molecule has 10 nitrogen and oxygen atoms in total. The molecule has 0 amide bonds. The van der Waals surface area contributed by atoms with Gasteiger partial charge in [0.25, 0.3) is 0 Å². The second-order valence-electron chi connectivity index (χ2n) is 2.49. The molecule has 0 saturated heterocycles. The van der Waals surface area contributed by atoms with Crippen LogP contribution in [0.2, 0.25) is 0 Å². The van der Waals surface area contributed by atoms with Crippen LogP contribution in [0.4, 0.5) is 0 Å². The van der Waals surface area contributed by atoms with E-state index in [2.05, 4.69) is 14.0 Å². The third-order valence-electron chi connectivity index (χ3n) is 1.07. The minimum Gasteiger partial charge on any atom is -0.479 e. The second kappa shape index (κ2) is 6.78. The molecular formula is C6H8O10S. The molecule has 0 fully saturated rings. The number of rotatable bonds is 7. The number of carbonyl (C=O) groups is 3. The molecule has 0 heterocycles. The minimum atomic E-state index is -4.91. The van der Waals surface area contributed by atoms with E-state index in [1.54, 1.807) is 0 Å². The van der Waals surface area contributed by atoms with E-state index < -0.39 is 47.8 Å². The van der Waals surface area contributed by atoms with Gasteiger partial charge in [0.2, 0.25) is 0 Å². The van der Waals surface area contributed by atoms with E-state index in [9.17, 15) is 22.8 Å². The first-order chi connectivity index (χ1) is 7.70. The Bertz CT molecular complexity index is 395. The summed E-state index contributed by atoms with van der Waals surface area (Å²) in [7, 11) is -4.91. The van der Waals surface area contributed by atoms with E-state index in [0.29, 0.717) is 0 Å². The van der Waals surface area contributed by atoms with E-state index >= 15 is 0 Å². The molecule has 0 spiro atoms. The molecule has 0 atom stereocenters. The first-order valence-electron chi connectivity index (χ1n) is 3.94. The zero-order valence-corrected chi connectivity index (χ0v) is 9.01. The highest BCUT2D eigenvalue weighted by atomic mass is 32.3. The molecule has 98 valence electrons. The summed E-state index contributed by atoms with van der Waals surface area (Å²) in [5.41, 5.74) is 0. The summed E-state index contributed by atoms with van der Waals surface area (Å²) in [5, 5.41) is 8.09. The lowest BCUT2D eigenvalue weighted by Gasteiger charge is -2.01. The molecule has 0 radical (unpaired) electrons. The lowest BCUT2D eigenvalue weighted by Crippen LogP contribution is -2.15. The Morgan fingerprint density at radius 2 is 1.59 bits per heavy atom. The highest BCUT2D eigenvalue weighted by Gasteiger charge is 2.16. The summed E-state index contributed by atoms with van der Waals surface area (Å²) in [5.74, 6) is -3.84. The molecule has 0 bridgehead atoms. The average molecular weight is 272 g/mol. The van der Waals surface area contributed by atoms with Crippen molar-refractivity contribution in [1.29, 1.82) is 0 Å². The smallest absolute Gasteiger partial charge is 0.448 e. The minimum absolute atomic E-state index is 0.603. The van der Waals surface area contributed by atoms with Gasteiger partial charge in [-0.25, -0.2) is 9.59 Å². The normalized spacial score (nSPS) is 10.6. The van der Waals surface area contributed by atoms with Gasteiger partial charge in [0.1, 0.15) is 0 Å². The van der Waals surface area contributed by atoms with E-state index in [1.807, 2.05) is 0 Å². The molecule has 0 aromatic carbocycles. The van der Waals surface area contributed by atoms with Gasteiger partial charge in [-0.2, -0.15) is 13.3 Å². The summed E-state index contributed by atoms with van der Waals surface area (Å²) < 4.78 is 31.6. The first kappa shape index (κ1) is 15.3. The van der Waals surface area contributed by atoms with Gasteiger partial charge in [-0.3, -0.25) is 14.2 Å². The number of carboxylic acid groups (broad SMARTS) is 1. The Labute approximate surface area is 95.0 Å². The van der Waals surface area contributed by atoms with Crippen molar-refractivity contribution in [1.82, 2.24) is 0 Å². The van der Waals surface area contributed by atoms with E-state index in [4.69, 9.17) is 9.66 Å². The molecule has 0 saturated carbocycles. The Kier molecular flexibility index (Phi) is 6.09. The third kappa shape index (κ3) is 10.6. The summed E-state index contributed by atoms with van der Waals surface area (Å²) in [6.07, 6.45) is -1.29. The van der Waals surface area contributed by atoms with Crippen LogP contribution in [0.25, 0.3) is 0 Å². The van der Waals surface area contributed by atoms with Crippen molar-refractivity contribution >= 4 is 28.3 Å². The van der Waals surface area contributed by atoms with Gasteiger partial charge in [0.05, 0.1) is 12.8 Å². The summed E-state index contributed by atoms with van der Waals surface area (Å²) in [6.45, 7) is -0.874. The first-order valence-corrected chi connectivity index (χ1v) is 5.31. The maximum atomic E-state index is 10.7. The number of hydrogen-bond donors (Lipinski definition) is 2. The molecule has 2 N–H and O–H groups in total. The topological polar surface area (TPSA) is 154 Å².